The van der Waals surface area contributed by atoms with Crippen molar-refractivity contribution in [3.8, 4) is 0 Å². The first kappa shape index (κ1) is 14.7. The van der Waals surface area contributed by atoms with Gasteiger partial charge in [0.15, 0.2) is 5.69 Å². The predicted molar refractivity (Wildman–Crippen MR) is 63.0 cm³/mol. The zero-order valence-electron chi connectivity index (χ0n) is 10.5. The van der Waals surface area contributed by atoms with Crippen molar-refractivity contribution in [2.24, 2.45) is 11.7 Å². The highest BCUT2D eigenvalue weighted by atomic mass is 19.4. The van der Waals surface area contributed by atoms with E-state index < -0.39 is 17.4 Å². The topological polar surface area (TPSA) is 63.8 Å². The number of aromatic nitrogens is 2. The molecule has 102 valence electrons. The molecule has 0 aliphatic rings. The van der Waals surface area contributed by atoms with Crippen LogP contribution in [0.5, 0.6) is 0 Å². The largest absolute Gasteiger partial charge is 0.435 e. The van der Waals surface area contributed by atoms with Crippen LogP contribution in [0.25, 0.3) is 0 Å². The fraction of sp³-hybridized carbons (Fsp3) is 0.636. The second-order valence-electron chi connectivity index (χ2n) is 4.70. The first-order chi connectivity index (χ1) is 8.19. The van der Waals surface area contributed by atoms with Gasteiger partial charge in [-0.2, -0.15) is 13.2 Å². The molecular formula is C11H17F3N4. The molecular weight excluding hydrogens is 245 g/mol. The second kappa shape index (κ2) is 5.09. The van der Waals surface area contributed by atoms with Gasteiger partial charge in [0.25, 0.3) is 0 Å². The number of nitrogens with zero attached hydrogens (tertiary/aromatic N) is 2. The fourth-order valence-electron chi connectivity index (χ4n) is 1.27. The van der Waals surface area contributed by atoms with E-state index in [-0.39, 0.29) is 11.7 Å². The minimum Gasteiger partial charge on any atom is -0.362 e. The van der Waals surface area contributed by atoms with Gasteiger partial charge in [-0.15, -0.1) is 10.2 Å². The predicted octanol–water partition coefficient (Wildman–Crippen LogP) is 2.28. The van der Waals surface area contributed by atoms with E-state index >= 15 is 0 Å². The van der Waals surface area contributed by atoms with E-state index in [0.29, 0.717) is 6.54 Å². The summed E-state index contributed by atoms with van der Waals surface area (Å²) in [7, 11) is 0. The lowest BCUT2D eigenvalue weighted by atomic mass is 9.88. The van der Waals surface area contributed by atoms with Gasteiger partial charge in [-0.25, -0.2) is 0 Å². The van der Waals surface area contributed by atoms with Crippen LogP contribution in [0.15, 0.2) is 12.1 Å². The van der Waals surface area contributed by atoms with Gasteiger partial charge < -0.3 is 11.1 Å². The van der Waals surface area contributed by atoms with Crippen molar-refractivity contribution in [1.82, 2.24) is 10.2 Å². The molecule has 1 heterocycles. The van der Waals surface area contributed by atoms with Gasteiger partial charge >= 0.3 is 6.18 Å². The summed E-state index contributed by atoms with van der Waals surface area (Å²) in [6, 6.07) is 2.15. The van der Waals surface area contributed by atoms with Crippen LogP contribution < -0.4 is 11.1 Å². The number of halogens is 3. The highest BCUT2D eigenvalue weighted by Crippen LogP contribution is 2.27. The molecule has 3 N–H and O–H groups in total. The summed E-state index contributed by atoms with van der Waals surface area (Å²) in [5.74, 6) is 0.483. The van der Waals surface area contributed by atoms with Gasteiger partial charge in [-0.1, -0.05) is 13.8 Å². The van der Waals surface area contributed by atoms with E-state index in [4.69, 9.17) is 5.73 Å². The van der Waals surface area contributed by atoms with Gasteiger partial charge in [0.1, 0.15) is 5.82 Å². The van der Waals surface area contributed by atoms with Crippen LogP contribution in [0.1, 0.15) is 26.5 Å². The number of rotatable bonds is 4. The van der Waals surface area contributed by atoms with Gasteiger partial charge in [-0.05, 0) is 25.0 Å². The van der Waals surface area contributed by atoms with Gasteiger partial charge in [0, 0.05) is 6.54 Å². The maximum absolute atomic E-state index is 12.3. The smallest absolute Gasteiger partial charge is 0.362 e. The maximum Gasteiger partial charge on any atom is 0.435 e. The molecule has 1 aromatic heterocycles. The summed E-state index contributed by atoms with van der Waals surface area (Å²) in [4.78, 5) is 0. The zero-order chi connectivity index (χ0) is 14.0. The first-order valence-electron chi connectivity index (χ1n) is 5.58. The Balaban J connectivity index is 2.87. The molecule has 0 aliphatic carbocycles. The summed E-state index contributed by atoms with van der Waals surface area (Å²) >= 11 is 0. The number of nitrogens with one attached hydrogen (secondary N) is 1. The third-order valence-corrected chi connectivity index (χ3v) is 3.07. The Morgan fingerprint density at radius 3 is 2.22 bits per heavy atom. The normalized spacial score (nSPS) is 15.6. The Hall–Kier alpha value is -1.37. The molecule has 1 atom stereocenters. The second-order valence-corrected chi connectivity index (χ2v) is 4.70. The molecule has 0 aliphatic heterocycles. The van der Waals surface area contributed by atoms with Gasteiger partial charge in [-0.3, -0.25) is 0 Å². The third kappa shape index (κ3) is 3.32. The van der Waals surface area contributed by atoms with E-state index in [9.17, 15) is 13.2 Å². The molecule has 0 amide bonds. The van der Waals surface area contributed by atoms with Crippen molar-refractivity contribution in [3.05, 3.63) is 17.8 Å². The highest BCUT2D eigenvalue weighted by Gasteiger charge is 2.33. The van der Waals surface area contributed by atoms with E-state index in [0.717, 1.165) is 6.07 Å². The monoisotopic (exact) mass is 262 g/mol. The Kier molecular flexibility index (Phi) is 4.16. The SMILES string of the molecule is CC(C)C(C)(CN)Nc1ccc(C(F)(F)F)nn1. The van der Waals surface area contributed by atoms with Crippen LogP contribution in [-0.4, -0.2) is 22.3 Å². The fourth-order valence-corrected chi connectivity index (χ4v) is 1.27. The number of hydrogen-bond acceptors (Lipinski definition) is 4. The summed E-state index contributed by atoms with van der Waals surface area (Å²) in [6.07, 6.45) is -4.47. The van der Waals surface area contributed by atoms with Crippen LogP contribution in [0.4, 0.5) is 19.0 Å². The van der Waals surface area contributed by atoms with E-state index in [1.807, 2.05) is 20.8 Å². The number of alkyl halides is 3. The Morgan fingerprint density at radius 1 is 1.28 bits per heavy atom. The van der Waals surface area contributed by atoms with Crippen molar-refractivity contribution in [1.29, 1.82) is 0 Å². The van der Waals surface area contributed by atoms with Crippen molar-refractivity contribution < 1.29 is 13.2 Å². The Labute approximate surface area is 104 Å². The lowest BCUT2D eigenvalue weighted by Gasteiger charge is -2.33. The van der Waals surface area contributed by atoms with Crippen molar-refractivity contribution in [3.63, 3.8) is 0 Å². The molecule has 0 saturated carbocycles. The van der Waals surface area contributed by atoms with E-state index in [1.54, 1.807) is 0 Å². The van der Waals surface area contributed by atoms with Crippen LogP contribution in [-0.2, 0) is 6.18 Å². The average Bonchev–Trinajstić information content (AvgIpc) is 2.28. The minimum absolute atomic E-state index is 0.201. The summed E-state index contributed by atoms with van der Waals surface area (Å²) in [6.45, 7) is 6.17. The summed E-state index contributed by atoms with van der Waals surface area (Å²) in [5, 5.41) is 9.69. The highest BCUT2D eigenvalue weighted by molar-refractivity contribution is 5.37. The van der Waals surface area contributed by atoms with E-state index in [2.05, 4.69) is 15.5 Å². The van der Waals surface area contributed by atoms with Crippen LogP contribution >= 0.6 is 0 Å². The summed E-state index contributed by atoms with van der Waals surface area (Å²) in [5.41, 5.74) is 4.22. The molecule has 0 bridgehead atoms. The van der Waals surface area contributed by atoms with Crippen molar-refractivity contribution >= 4 is 5.82 Å². The molecule has 4 nitrogen and oxygen atoms in total. The molecule has 1 aromatic rings. The lowest BCUT2D eigenvalue weighted by Crippen LogP contribution is -2.47. The number of nitrogens with two attached hydrogens (primary N) is 1. The first-order valence-corrected chi connectivity index (χ1v) is 5.58. The molecule has 0 spiro atoms. The maximum atomic E-state index is 12.3. The minimum atomic E-state index is -4.47. The summed E-state index contributed by atoms with van der Waals surface area (Å²) < 4.78 is 36.9. The Morgan fingerprint density at radius 2 is 1.89 bits per heavy atom. The van der Waals surface area contributed by atoms with Gasteiger partial charge in [0.05, 0.1) is 5.54 Å². The van der Waals surface area contributed by atoms with Crippen LogP contribution in [0.2, 0.25) is 0 Å². The molecule has 1 unspecified atom stereocenters. The third-order valence-electron chi connectivity index (χ3n) is 3.07. The van der Waals surface area contributed by atoms with Crippen LogP contribution in [0.3, 0.4) is 0 Å². The average molecular weight is 262 g/mol. The molecule has 0 radical (unpaired) electrons. The van der Waals surface area contributed by atoms with Crippen LogP contribution in [0, 0.1) is 5.92 Å². The molecule has 1 rings (SSSR count). The molecule has 0 aromatic carbocycles. The molecule has 0 fully saturated rings. The zero-order valence-corrected chi connectivity index (χ0v) is 10.5. The Bertz CT molecular complexity index is 388. The van der Waals surface area contributed by atoms with Gasteiger partial charge in [0.2, 0.25) is 0 Å². The van der Waals surface area contributed by atoms with E-state index in [1.165, 1.54) is 6.07 Å². The molecule has 0 saturated heterocycles. The number of anilines is 1. The number of hydrogen-bond donors (Lipinski definition) is 2. The van der Waals surface area contributed by atoms with Crippen molar-refractivity contribution in [2.45, 2.75) is 32.5 Å². The standard InChI is InChI=1S/C11H17F3N4/c1-7(2)10(3,6-15)16-9-5-4-8(17-18-9)11(12,13)14/h4-5,7H,6,15H2,1-3H3,(H,16,18). The molecule has 7 heteroatoms. The van der Waals surface area contributed by atoms with Crippen molar-refractivity contribution in [2.75, 3.05) is 11.9 Å². The molecule has 18 heavy (non-hydrogen) atoms. The quantitative estimate of drug-likeness (QED) is 0.873. The lowest BCUT2D eigenvalue weighted by molar-refractivity contribution is -0.141.